The highest BCUT2D eigenvalue weighted by atomic mass is 32.1. The first-order valence-electron chi connectivity index (χ1n) is 6.19. The summed E-state index contributed by atoms with van der Waals surface area (Å²) in [4.78, 5) is 5.55. The third-order valence-corrected chi connectivity index (χ3v) is 3.98. The zero-order valence-corrected chi connectivity index (χ0v) is 11.5. The number of thiazole rings is 1. The Hall–Kier alpha value is -2.07. The van der Waals surface area contributed by atoms with Crippen molar-refractivity contribution < 1.29 is 0 Å². The lowest BCUT2D eigenvalue weighted by molar-refractivity contribution is 1.07. The van der Waals surface area contributed by atoms with E-state index in [4.69, 9.17) is 0 Å². The number of aromatic nitrogens is 2. The number of rotatable bonds is 4. The molecule has 3 nitrogen and oxygen atoms in total. The van der Waals surface area contributed by atoms with E-state index in [0.29, 0.717) is 0 Å². The molecule has 0 aliphatic carbocycles. The molecule has 96 valence electrons. The number of anilines is 1. The maximum Gasteiger partial charge on any atom is 0.0798 e. The zero-order valence-electron chi connectivity index (χ0n) is 10.7. The van der Waals surface area contributed by atoms with Gasteiger partial charge < -0.3 is 9.88 Å². The second-order valence-electron chi connectivity index (χ2n) is 4.36. The van der Waals surface area contributed by atoms with E-state index < -0.39 is 0 Å². The van der Waals surface area contributed by atoms with Crippen LogP contribution < -0.4 is 5.32 Å². The molecule has 2 heterocycles. The Labute approximate surface area is 116 Å². The molecule has 0 amide bonds. The van der Waals surface area contributed by atoms with Gasteiger partial charge in [-0.05, 0) is 37.3 Å². The van der Waals surface area contributed by atoms with Gasteiger partial charge in [-0.1, -0.05) is 6.07 Å². The largest absolute Gasteiger partial charge is 0.380 e. The minimum atomic E-state index is 0.825. The molecule has 0 aliphatic heterocycles. The van der Waals surface area contributed by atoms with Gasteiger partial charge in [-0.2, -0.15) is 0 Å². The van der Waals surface area contributed by atoms with Crippen LogP contribution in [0.2, 0.25) is 0 Å². The number of benzene rings is 1. The molecule has 0 fully saturated rings. The summed E-state index contributed by atoms with van der Waals surface area (Å²) < 4.78 is 2.10. The van der Waals surface area contributed by atoms with Crippen molar-refractivity contribution >= 4 is 17.0 Å². The van der Waals surface area contributed by atoms with E-state index in [0.717, 1.165) is 23.6 Å². The minimum Gasteiger partial charge on any atom is -0.380 e. The first kappa shape index (κ1) is 12.0. The van der Waals surface area contributed by atoms with E-state index in [9.17, 15) is 0 Å². The maximum absolute atomic E-state index is 4.26. The Morgan fingerprint density at radius 2 is 2.05 bits per heavy atom. The van der Waals surface area contributed by atoms with Gasteiger partial charge in [0.05, 0.1) is 17.7 Å². The van der Waals surface area contributed by atoms with Gasteiger partial charge in [0.15, 0.2) is 0 Å². The van der Waals surface area contributed by atoms with E-state index in [-0.39, 0.29) is 0 Å². The van der Waals surface area contributed by atoms with Crippen LogP contribution in [0.15, 0.2) is 54.3 Å². The molecular weight excluding hydrogens is 254 g/mol. The minimum absolute atomic E-state index is 0.825. The molecule has 0 aliphatic rings. The Morgan fingerprint density at radius 3 is 2.79 bits per heavy atom. The molecule has 0 bridgehead atoms. The van der Waals surface area contributed by atoms with Crippen LogP contribution >= 0.6 is 11.3 Å². The van der Waals surface area contributed by atoms with E-state index in [1.54, 1.807) is 11.3 Å². The average molecular weight is 269 g/mol. The normalized spacial score (nSPS) is 10.6. The van der Waals surface area contributed by atoms with Crippen LogP contribution in [0.25, 0.3) is 5.69 Å². The summed E-state index contributed by atoms with van der Waals surface area (Å²) >= 11 is 1.69. The van der Waals surface area contributed by atoms with Crippen LogP contribution in [0.3, 0.4) is 0 Å². The van der Waals surface area contributed by atoms with Gasteiger partial charge in [-0.25, -0.2) is 4.98 Å². The first-order valence-corrected chi connectivity index (χ1v) is 7.07. The highest BCUT2D eigenvalue weighted by Crippen LogP contribution is 2.18. The highest BCUT2D eigenvalue weighted by molar-refractivity contribution is 7.09. The van der Waals surface area contributed by atoms with Crippen molar-refractivity contribution in [1.82, 2.24) is 9.55 Å². The molecule has 0 unspecified atom stereocenters. The smallest absolute Gasteiger partial charge is 0.0798 e. The summed E-state index contributed by atoms with van der Waals surface area (Å²) in [5.74, 6) is 0. The summed E-state index contributed by atoms with van der Waals surface area (Å²) in [6.07, 6.45) is 4.10. The van der Waals surface area contributed by atoms with E-state index >= 15 is 0 Å². The quantitative estimate of drug-likeness (QED) is 0.779. The SMILES string of the molecule is Cc1ncsc1CNc1cccc(-n2cccc2)c1. The van der Waals surface area contributed by atoms with Gasteiger partial charge >= 0.3 is 0 Å². The predicted octanol–water partition coefficient (Wildman–Crippen LogP) is 3.85. The predicted molar refractivity (Wildman–Crippen MR) is 79.9 cm³/mol. The second kappa shape index (κ2) is 5.28. The molecule has 0 spiro atoms. The molecule has 0 saturated heterocycles. The van der Waals surface area contributed by atoms with Crippen LogP contribution in [0.4, 0.5) is 5.69 Å². The van der Waals surface area contributed by atoms with Crippen molar-refractivity contribution in [3.05, 3.63) is 64.9 Å². The van der Waals surface area contributed by atoms with Crippen molar-refractivity contribution in [1.29, 1.82) is 0 Å². The molecule has 19 heavy (non-hydrogen) atoms. The van der Waals surface area contributed by atoms with E-state index in [1.165, 1.54) is 4.88 Å². The van der Waals surface area contributed by atoms with Crippen LogP contribution in [-0.4, -0.2) is 9.55 Å². The molecule has 3 aromatic rings. The van der Waals surface area contributed by atoms with Crippen LogP contribution in [0.5, 0.6) is 0 Å². The van der Waals surface area contributed by atoms with E-state index in [1.807, 2.05) is 37.0 Å². The molecule has 0 radical (unpaired) electrons. The lowest BCUT2D eigenvalue weighted by Crippen LogP contribution is -2.00. The van der Waals surface area contributed by atoms with Crippen LogP contribution in [0, 0.1) is 6.92 Å². The number of hydrogen-bond donors (Lipinski definition) is 1. The van der Waals surface area contributed by atoms with Gasteiger partial charge in [0, 0.05) is 28.6 Å². The van der Waals surface area contributed by atoms with Crippen LogP contribution in [-0.2, 0) is 6.54 Å². The average Bonchev–Trinajstić information content (AvgIpc) is 3.08. The summed E-state index contributed by atoms with van der Waals surface area (Å²) in [6, 6.07) is 12.5. The fraction of sp³-hybridized carbons (Fsp3) is 0.133. The standard InChI is InChI=1S/C15H15N3S/c1-12-15(19-11-17-12)10-16-13-5-4-6-14(9-13)18-7-2-3-8-18/h2-9,11,16H,10H2,1H3. The molecule has 2 aromatic heterocycles. The summed E-state index contributed by atoms with van der Waals surface area (Å²) in [5.41, 5.74) is 5.29. The highest BCUT2D eigenvalue weighted by Gasteiger charge is 2.02. The number of nitrogens with zero attached hydrogens (tertiary/aromatic N) is 2. The number of hydrogen-bond acceptors (Lipinski definition) is 3. The molecule has 4 heteroatoms. The maximum atomic E-state index is 4.26. The molecule has 1 N–H and O–H groups in total. The molecular formula is C15H15N3S. The first-order chi connectivity index (χ1) is 9.33. The number of aryl methyl sites for hydroxylation is 1. The summed E-state index contributed by atoms with van der Waals surface area (Å²) in [5, 5.41) is 3.45. The van der Waals surface area contributed by atoms with Crippen molar-refractivity contribution in [3.8, 4) is 5.69 Å². The zero-order chi connectivity index (χ0) is 13.1. The molecule has 1 aromatic carbocycles. The monoisotopic (exact) mass is 269 g/mol. The lowest BCUT2D eigenvalue weighted by atomic mass is 10.2. The van der Waals surface area contributed by atoms with Gasteiger partial charge in [-0.3, -0.25) is 0 Å². The van der Waals surface area contributed by atoms with E-state index in [2.05, 4.69) is 39.1 Å². The van der Waals surface area contributed by atoms with Gasteiger partial charge in [-0.15, -0.1) is 11.3 Å². The topological polar surface area (TPSA) is 29.9 Å². The summed E-state index contributed by atoms with van der Waals surface area (Å²) in [6.45, 7) is 2.87. The van der Waals surface area contributed by atoms with Gasteiger partial charge in [0.1, 0.15) is 0 Å². The van der Waals surface area contributed by atoms with Gasteiger partial charge in [0.25, 0.3) is 0 Å². The molecule has 0 saturated carbocycles. The van der Waals surface area contributed by atoms with Crippen molar-refractivity contribution in [3.63, 3.8) is 0 Å². The van der Waals surface area contributed by atoms with Crippen LogP contribution in [0.1, 0.15) is 10.6 Å². The number of nitrogens with one attached hydrogen (secondary N) is 1. The van der Waals surface area contributed by atoms with Crippen molar-refractivity contribution in [2.45, 2.75) is 13.5 Å². The Kier molecular flexibility index (Phi) is 3.33. The Balaban J connectivity index is 1.75. The summed E-state index contributed by atoms with van der Waals surface area (Å²) in [7, 11) is 0. The Bertz CT molecular complexity index is 656. The lowest BCUT2D eigenvalue weighted by Gasteiger charge is -2.08. The molecule has 0 atom stereocenters. The fourth-order valence-corrected chi connectivity index (χ4v) is 2.68. The molecule has 3 rings (SSSR count). The Morgan fingerprint density at radius 1 is 1.21 bits per heavy atom. The fourth-order valence-electron chi connectivity index (χ4n) is 1.96. The van der Waals surface area contributed by atoms with Crippen molar-refractivity contribution in [2.75, 3.05) is 5.32 Å². The second-order valence-corrected chi connectivity index (χ2v) is 5.29. The third kappa shape index (κ3) is 2.69. The van der Waals surface area contributed by atoms with Gasteiger partial charge in [0.2, 0.25) is 0 Å². The van der Waals surface area contributed by atoms with Crippen molar-refractivity contribution in [2.24, 2.45) is 0 Å². The third-order valence-electron chi connectivity index (χ3n) is 3.05.